The molecule has 0 radical (unpaired) electrons. The summed E-state index contributed by atoms with van der Waals surface area (Å²) in [6.45, 7) is 3.44. The number of aromatic nitrogens is 4. The maximum absolute atomic E-state index is 10.1. The van der Waals surface area contributed by atoms with Crippen LogP contribution < -0.4 is 5.73 Å². The van der Waals surface area contributed by atoms with Crippen LogP contribution in [0.15, 0.2) is 25.3 Å². The predicted molar refractivity (Wildman–Crippen MR) is 65.9 cm³/mol. The monoisotopic (exact) mass is 263 g/mol. The standard InChI is InChI=1S/C11H13N5O3/c1-2-11(18)3-19-10(7(11)17)16-5-15-6-8(12)13-4-14-9(6)16/h2,4-5,7,10,17-18H,1,3H2,(H2,12,13,14)/t7-,10+,11+/m0/s1. The van der Waals surface area contributed by atoms with Crippen LogP contribution in [0.3, 0.4) is 0 Å². The molecule has 3 heterocycles. The fourth-order valence-corrected chi connectivity index (χ4v) is 2.11. The number of ether oxygens (including phenoxy) is 1. The highest BCUT2D eigenvalue weighted by atomic mass is 16.5. The minimum Gasteiger partial charge on any atom is -0.385 e. The van der Waals surface area contributed by atoms with Gasteiger partial charge in [-0.05, 0) is 0 Å². The van der Waals surface area contributed by atoms with Gasteiger partial charge >= 0.3 is 0 Å². The van der Waals surface area contributed by atoms with Crippen molar-refractivity contribution in [2.45, 2.75) is 17.9 Å². The molecule has 2 aromatic heterocycles. The zero-order chi connectivity index (χ0) is 13.6. The number of rotatable bonds is 2. The number of aliphatic hydroxyl groups excluding tert-OH is 1. The summed E-state index contributed by atoms with van der Waals surface area (Å²) in [5.74, 6) is 0.246. The smallest absolute Gasteiger partial charge is 0.167 e. The van der Waals surface area contributed by atoms with Gasteiger partial charge in [0.15, 0.2) is 17.7 Å². The van der Waals surface area contributed by atoms with Crippen LogP contribution >= 0.6 is 0 Å². The van der Waals surface area contributed by atoms with Gasteiger partial charge < -0.3 is 20.7 Å². The molecule has 0 spiro atoms. The van der Waals surface area contributed by atoms with E-state index >= 15 is 0 Å². The number of hydrogen-bond acceptors (Lipinski definition) is 7. The third-order valence-electron chi connectivity index (χ3n) is 3.28. The SMILES string of the molecule is C=C[C@@]1(O)CO[C@@H](n2cnc3c(N)ncnc32)[C@@H]1O. The van der Waals surface area contributed by atoms with E-state index in [-0.39, 0.29) is 12.4 Å². The molecule has 19 heavy (non-hydrogen) atoms. The number of hydrogen-bond donors (Lipinski definition) is 3. The summed E-state index contributed by atoms with van der Waals surface area (Å²) < 4.78 is 6.93. The van der Waals surface area contributed by atoms with Gasteiger partial charge in [-0.2, -0.15) is 0 Å². The van der Waals surface area contributed by atoms with Gasteiger partial charge in [-0.3, -0.25) is 4.57 Å². The Kier molecular flexibility index (Phi) is 2.52. The second-order valence-corrected chi connectivity index (χ2v) is 4.42. The molecule has 3 atom stereocenters. The molecule has 2 aromatic rings. The summed E-state index contributed by atoms with van der Waals surface area (Å²) in [5, 5.41) is 20.2. The van der Waals surface area contributed by atoms with Gasteiger partial charge in [0.05, 0.1) is 12.9 Å². The van der Waals surface area contributed by atoms with Crippen LogP contribution in [0.1, 0.15) is 6.23 Å². The molecule has 1 saturated heterocycles. The molecule has 0 amide bonds. The van der Waals surface area contributed by atoms with Crippen molar-refractivity contribution in [3.05, 3.63) is 25.3 Å². The van der Waals surface area contributed by atoms with Gasteiger partial charge in [-0.15, -0.1) is 6.58 Å². The molecule has 8 nitrogen and oxygen atoms in total. The number of fused-ring (bicyclic) bond motifs is 1. The lowest BCUT2D eigenvalue weighted by atomic mass is 9.99. The number of nitrogen functional groups attached to an aromatic ring is 1. The van der Waals surface area contributed by atoms with Crippen molar-refractivity contribution in [1.29, 1.82) is 0 Å². The Bertz CT molecular complexity index is 642. The Hall–Kier alpha value is -2.03. The summed E-state index contributed by atoms with van der Waals surface area (Å²) in [5.41, 5.74) is 5.06. The zero-order valence-corrected chi connectivity index (χ0v) is 9.97. The van der Waals surface area contributed by atoms with Crippen molar-refractivity contribution >= 4 is 17.0 Å². The minimum absolute atomic E-state index is 0.0530. The first-order valence-electron chi connectivity index (χ1n) is 5.65. The van der Waals surface area contributed by atoms with Crippen molar-refractivity contribution < 1.29 is 14.9 Å². The molecule has 1 fully saturated rings. The van der Waals surface area contributed by atoms with E-state index in [4.69, 9.17) is 10.5 Å². The van der Waals surface area contributed by atoms with Crippen molar-refractivity contribution in [2.24, 2.45) is 0 Å². The summed E-state index contributed by atoms with van der Waals surface area (Å²) in [7, 11) is 0. The van der Waals surface area contributed by atoms with Crippen molar-refractivity contribution in [3.63, 3.8) is 0 Å². The molecule has 0 aromatic carbocycles. The average Bonchev–Trinajstić information content (AvgIpc) is 2.95. The molecular weight excluding hydrogens is 250 g/mol. The summed E-state index contributed by atoms with van der Waals surface area (Å²) >= 11 is 0. The molecular formula is C11H13N5O3. The normalized spacial score (nSPS) is 30.8. The Labute approximate surface area is 108 Å². The van der Waals surface area contributed by atoms with E-state index in [1.54, 1.807) is 0 Å². The highest BCUT2D eigenvalue weighted by molar-refractivity contribution is 5.81. The Balaban J connectivity index is 2.07. The lowest BCUT2D eigenvalue weighted by Crippen LogP contribution is -2.40. The van der Waals surface area contributed by atoms with Gasteiger partial charge in [0.1, 0.15) is 23.5 Å². The van der Waals surface area contributed by atoms with Gasteiger partial charge in [0, 0.05) is 0 Å². The van der Waals surface area contributed by atoms with Crippen molar-refractivity contribution in [3.8, 4) is 0 Å². The number of nitrogens with two attached hydrogens (primary N) is 1. The molecule has 3 rings (SSSR count). The zero-order valence-electron chi connectivity index (χ0n) is 9.97. The van der Waals surface area contributed by atoms with Gasteiger partial charge in [0.2, 0.25) is 0 Å². The summed E-state index contributed by atoms with van der Waals surface area (Å²) in [6, 6.07) is 0. The third-order valence-corrected chi connectivity index (χ3v) is 3.28. The van der Waals surface area contributed by atoms with Crippen LogP contribution in [0.5, 0.6) is 0 Å². The molecule has 1 aliphatic heterocycles. The number of nitrogens with zero attached hydrogens (tertiary/aromatic N) is 4. The van der Waals surface area contributed by atoms with E-state index in [0.29, 0.717) is 11.2 Å². The molecule has 8 heteroatoms. The van der Waals surface area contributed by atoms with Crippen LogP contribution in [0.4, 0.5) is 5.82 Å². The molecule has 100 valence electrons. The van der Waals surface area contributed by atoms with Gasteiger partial charge in [0.25, 0.3) is 0 Å². The second-order valence-electron chi connectivity index (χ2n) is 4.42. The van der Waals surface area contributed by atoms with Gasteiger partial charge in [-0.25, -0.2) is 15.0 Å². The average molecular weight is 263 g/mol. The first kappa shape index (κ1) is 12.0. The van der Waals surface area contributed by atoms with Crippen LogP contribution in [-0.2, 0) is 4.74 Å². The Morgan fingerprint density at radius 2 is 2.32 bits per heavy atom. The molecule has 0 aliphatic carbocycles. The maximum Gasteiger partial charge on any atom is 0.167 e. The van der Waals surface area contributed by atoms with Crippen LogP contribution in [-0.4, -0.2) is 48.0 Å². The molecule has 1 aliphatic rings. The van der Waals surface area contributed by atoms with E-state index in [1.165, 1.54) is 23.3 Å². The second kappa shape index (κ2) is 3.98. The number of anilines is 1. The van der Waals surface area contributed by atoms with Gasteiger partial charge in [-0.1, -0.05) is 6.08 Å². The van der Waals surface area contributed by atoms with Crippen LogP contribution in [0, 0.1) is 0 Å². The van der Waals surface area contributed by atoms with Crippen molar-refractivity contribution in [2.75, 3.05) is 12.3 Å². The Morgan fingerprint density at radius 3 is 3.00 bits per heavy atom. The van der Waals surface area contributed by atoms with Crippen LogP contribution in [0.2, 0.25) is 0 Å². The summed E-state index contributed by atoms with van der Waals surface area (Å²) in [6.07, 6.45) is 2.04. The van der Waals surface area contributed by atoms with E-state index in [0.717, 1.165) is 0 Å². The third kappa shape index (κ3) is 1.61. The highest BCUT2D eigenvalue weighted by Crippen LogP contribution is 2.34. The molecule has 0 saturated carbocycles. The lowest BCUT2D eigenvalue weighted by molar-refractivity contribution is -0.0355. The fraction of sp³-hybridized carbons (Fsp3) is 0.364. The van der Waals surface area contributed by atoms with E-state index in [2.05, 4.69) is 21.5 Å². The molecule has 0 bridgehead atoms. The molecule has 4 N–H and O–H groups in total. The Morgan fingerprint density at radius 1 is 1.53 bits per heavy atom. The minimum atomic E-state index is -1.49. The van der Waals surface area contributed by atoms with Crippen LogP contribution in [0.25, 0.3) is 11.2 Å². The molecule has 0 unspecified atom stereocenters. The lowest BCUT2D eigenvalue weighted by Gasteiger charge is -2.22. The predicted octanol–water partition coefficient (Wildman–Crippen LogP) is -0.785. The summed E-state index contributed by atoms with van der Waals surface area (Å²) in [4.78, 5) is 12.0. The first-order valence-corrected chi connectivity index (χ1v) is 5.65. The maximum atomic E-state index is 10.1. The quantitative estimate of drug-likeness (QED) is 0.608. The van der Waals surface area contributed by atoms with E-state index < -0.39 is 17.9 Å². The number of aliphatic hydroxyl groups is 2. The van der Waals surface area contributed by atoms with E-state index in [9.17, 15) is 10.2 Å². The fourth-order valence-electron chi connectivity index (χ4n) is 2.11. The van der Waals surface area contributed by atoms with Crippen molar-refractivity contribution in [1.82, 2.24) is 19.5 Å². The van der Waals surface area contributed by atoms with E-state index in [1.807, 2.05) is 0 Å². The highest BCUT2D eigenvalue weighted by Gasteiger charge is 2.47. The number of imidazole rings is 1. The first-order chi connectivity index (χ1) is 9.07. The topological polar surface area (TPSA) is 119 Å². The largest absolute Gasteiger partial charge is 0.385 e.